The van der Waals surface area contributed by atoms with E-state index in [1.165, 1.54) is 10.8 Å². The highest BCUT2D eigenvalue weighted by atomic mass is 14.7. The molecule has 0 spiro atoms. The predicted octanol–water partition coefficient (Wildman–Crippen LogP) is 7.01. The topological polar surface area (TPSA) is 73.4 Å². The number of fused-ring (bicyclic) bond motifs is 6. The molecule has 6 rings (SSSR count). The number of nitrogens with zero attached hydrogens (tertiary/aromatic N) is 4. The minimum absolute atomic E-state index is 0.583. The van der Waals surface area contributed by atoms with Gasteiger partial charge in [0.05, 0.1) is 34.7 Å². The summed E-state index contributed by atoms with van der Waals surface area (Å²) in [5, 5.41) is 25.5. The summed E-state index contributed by atoms with van der Waals surface area (Å²) in [4.78, 5) is 9.00. The average molecular weight is 432 g/mol. The molecule has 156 valence electrons. The Kier molecular flexibility index (Phi) is 4.51. The van der Waals surface area contributed by atoms with Gasteiger partial charge < -0.3 is 0 Å². The van der Waals surface area contributed by atoms with E-state index >= 15 is 0 Å². The molecule has 0 unspecified atom stereocenters. The van der Waals surface area contributed by atoms with Crippen LogP contribution in [0.15, 0.2) is 97.3 Å². The van der Waals surface area contributed by atoms with Crippen LogP contribution in [0.2, 0.25) is 0 Å². The Balaban J connectivity index is 1.69. The van der Waals surface area contributed by atoms with Gasteiger partial charge in [-0.25, -0.2) is 0 Å². The molecule has 4 aromatic carbocycles. The molecule has 0 radical (unpaired) electrons. The highest BCUT2D eigenvalue weighted by Gasteiger charge is 2.12. The van der Waals surface area contributed by atoms with Crippen molar-refractivity contribution in [3.63, 3.8) is 0 Å². The number of benzene rings is 4. The van der Waals surface area contributed by atoms with Crippen molar-refractivity contribution in [3.05, 3.63) is 108 Å². The Bertz CT molecular complexity index is 1700. The molecule has 6 aromatic rings. The van der Waals surface area contributed by atoms with Gasteiger partial charge in [0.2, 0.25) is 0 Å². The number of pyridine rings is 2. The molecular formula is C30H16N4. The average Bonchev–Trinajstić information content (AvgIpc) is 2.92. The van der Waals surface area contributed by atoms with Crippen LogP contribution in [-0.2, 0) is 0 Å². The minimum Gasteiger partial charge on any atom is -0.256 e. The second-order valence-corrected chi connectivity index (χ2v) is 8.15. The molecule has 0 aliphatic rings. The zero-order chi connectivity index (χ0) is 23.1. The predicted molar refractivity (Wildman–Crippen MR) is 135 cm³/mol. The van der Waals surface area contributed by atoms with Crippen molar-refractivity contribution in [1.29, 1.82) is 10.5 Å². The van der Waals surface area contributed by atoms with Gasteiger partial charge in [0.25, 0.3) is 0 Å². The van der Waals surface area contributed by atoms with E-state index in [2.05, 4.69) is 82.8 Å². The number of hydrogen-bond donors (Lipinski definition) is 0. The lowest BCUT2D eigenvalue weighted by Gasteiger charge is -2.13. The zero-order valence-electron chi connectivity index (χ0n) is 18.0. The van der Waals surface area contributed by atoms with Crippen molar-refractivity contribution in [2.45, 2.75) is 0 Å². The highest BCUT2D eigenvalue weighted by molar-refractivity contribution is 6.26. The normalized spacial score (nSPS) is 10.9. The first-order valence-electron chi connectivity index (χ1n) is 10.9. The maximum Gasteiger partial charge on any atom is 0.0992 e. The lowest BCUT2D eigenvalue weighted by molar-refractivity contribution is 1.31. The van der Waals surface area contributed by atoms with Gasteiger partial charge >= 0.3 is 0 Å². The van der Waals surface area contributed by atoms with Crippen molar-refractivity contribution < 1.29 is 0 Å². The molecule has 4 heteroatoms. The van der Waals surface area contributed by atoms with Crippen LogP contribution >= 0.6 is 0 Å². The van der Waals surface area contributed by atoms with E-state index < -0.39 is 0 Å². The molecule has 2 aromatic heterocycles. The summed E-state index contributed by atoms with van der Waals surface area (Å²) in [5.74, 6) is 0. The lowest BCUT2D eigenvalue weighted by atomic mass is 9.91. The van der Waals surface area contributed by atoms with E-state index in [9.17, 15) is 10.5 Å². The van der Waals surface area contributed by atoms with Crippen LogP contribution < -0.4 is 0 Å². The SMILES string of the molecule is N#Cc1ccnc(-c2ccc3c4ccccc4c4ccc(-c5cc(C#N)ccn5)cc4c3c2)c1. The summed E-state index contributed by atoms with van der Waals surface area (Å²) in [5.41, 5.74) is 4.61. The molecule has 0 aliphatic heterocycles. The van der Waals surface area contributed by atoms with Crippen LogP contribution in [0.25, 0.3) is 54.8 Å². The minimum atomic E-state index is 0.583. The van der Waals surface area contributed by atoms with Gasteiger partial charge in [-0.3, -0.25) is 9.97 Å². The molecular weight excluding hydrogens is 416 g/mol. The van der Waals surface area contributed by atoms with E-state index in [1.807, 2.05) is 12.1 Å². The van der Waals surface area contributed by atoms with Crippen LogP contribution in [0.4, 0.5) is 0 Å². The van der Waals surface area contributed by atoms with Gasteiger partial charge in [-0.1, -0.05) is 48.5 Å². The van der Waals surface area contributed by atoms with Crippen LogP contribution in [0.5, 0.6) is 0 Å². The summed E-state index contributed by atoms with van der Waals surface area (Å²) < 4.78 is 0. The molecule has 0 atom stereocenters. The quantitative estimate of drug-likeness (QED) is 0.276. The first kappa shape index (κ1) is 19.6. The first-order valence-corrected chi connectivity index (χ1v) is 10.9. The van der Waals surface area contributed by atoms with Crippen LogP contribution in [-0.4, -0.2) is 9.97 Å². The Morgan fingerprint density at radius 1 is 0.471 bits per heavy atom. The third kappa shape index (κ3) is 3.14. The Labute approximate surface area is 196 Å². The van der Waals surface area contributed by atoms with Crippen molar-refractivity contribution in [2.75, 3.05) is 0 Å². The van der Waals surface area contributed by atoms with Crippen molar-refractivity contribution in [2.24, 2.45) is 0 Å². The van der Waals surface area contributed by atoms with E-state index in [0.717, 1.165) is 44.1 Å². The second-order valence-electron chi connectivity index (χ2n) is 8.15. The fourth-order valence-electron chi connectivity index (χ4n) is 4.59. The number of hydrogen-bond acceptors (Lipinski definition) is 4. The maximum atomic E-state index is 9.31. The van der Waals surface area contributed by atoms with E-state index in [-0.39, 0.29) is 0 Å². The van der Waals surface area contributed by atoms with Crippen molar-refractivity contribution in [3.8, 4) is 34.7 Å². The third-order valence-electron chi connectivity index (χ3n) is 6.21. The number of rotatable bonds is 2. The molecule has 34 heavy (non-hydrogen) atoms. The molecule has 0 bridgehead atoms. The summed E-state index contributed by atoms with van der Waals surface area (Å²) in [6.07, 6.45) is 3.34. The Hall–Kier alpha value is -5.06. The fourth-order valence-corrected chi connectivity index (χ4v) is 4.59. The lowest BCUT2D eigenvalue weighted by Crippen LogP contribution is -1.89. The highest BCUT2D eigenvalue weighted by Crippen LogP contribution is 2.38. The number of nitriles is 2. The van der Waals surface area contributed by atoms with E-state index in [0.29, 0.717) is 11.1 Å². The second kappa shape index (κ2) is 7.81. The molecule has 0 amide bonds. The van der Waals surface area contributed by atoms with Crippen LogP contribution in [0, 0.1) is 22.7 Å². The molecule has 4 nitrogen and oxygen atoms in total. The Morgan fingerprint density at radius 3 is 1.35 bits per heavy atom. The summed E-state index contributed by atoms with van der Waals surface area (Å²) in [6.45, 7) is 0. The molecule has 0 N–H and O–H groups in total. The smallest absolute Gasteiger partial charge is 0.0992 e. The molecule has 0 saturated heterocycles. The summed E-state index contributed by atoms with van der Waals surface area (Å²) in [7, 11) is 0. The maximum absolute atomic E-state index is 9.31. The van der Waals surface area contributed by atoms with E-state index in [4.69, 9.17) is 0 Å². The van der Waals surface area contributed by atoms with E-state index in [1.54, 1.807) is 24.5 Å². The Morgan fingerprint density at radius 2 is 0.912 bits per heavy atom. The molecule has 0 aliphatic carbocycles. The van der Waals surface area contributed by atoms with Crippen molar-refractivity contribution >= 4 is 32.3 Å². The number of aromatic nitrogens is 2. The monoisotopic (exact) mass is 432 g/mol. The van der Waals surface area contributed by atoms with Gasteiger partial charge in [0.15, 0.2) is 0 Å². The van der Waals surface area contributed by atoms with Crippen LogP contribution in [0.1, 0.15) is 11.1 Å². The molecule has 0 saturated carbocycles. The molecule has 2 heterocycles. The van der Waals surface area contributed by atoms with Gasteiger partial charge in [-0.05, 0) is 68.7 Å². The van der Waals surface area contributed by atoms with Gasteiger partial charge in [-0.15, -0.1) is 0 Å². The zero-order valence-corrected chi connectivity index (χ0v) is 18.0. The summed E-state index contributed by atoms with van der Waals surface area (Å²) in [6, 6.07) is 32.5. The molecule has 0 fully saturated rings. The third-order valence-corrected chi connectivity index (χ3v) is 6.21. The largest absolute Gasteiger partial charge is 0.256 e. The van der Waals surface area contributed by atoms with Gasteiger partial charge in [0.1, 0.15) is 0 Å². The van der Waals surface area contributed by atoms with Crippen molar-refractivity contribution in [1.82, 2.24) is 9.97 Å². The van der Waals surface area contributed by atoms with Gasteiger partial charge in [0, 0.05) is 23.5 Å². The standard InChI is InChI=1S/C30H16N4/c31-17-19-9-11-33-29(13-19)21-5-7-25-23-3-1-2-4-24(23)26-8-6-22(16-28(26)27(25)15-21)30-14-20(18-32)10-12-34-30/h1-16H. The van der Waals surface area contributed by atoms with Crippen LogP contribution in [0.3, 0.4) is 0 Å². The van der Waals surface area contributed by atoms with Gasteiger partial charge in [-0.2, -0.15) is 10.5 Å². The first-order chi connectivity index (χ1) is 16.7. The fraction of sp³-hybridized carbons (Fsp3) is 0. The summed E-state index contributed by atoms with van der Waals surface area (Å²) >= 11 is 0.